The van der Waals surface area contributed by atoms with Crippen LogP contribution in [-0.4, -0.2) is 38.3 Å². The first-order valence-corrected chi connectivity index (χ1v) is 11.2. The molecule has 0 aliphatic heterocycles. The van der Waals surface area contributed by atoms with Gasteiger partial charge in [-0.1, -0.05) is 55.5 Å². The summed E-state index contributed by atoms with van der Waals surface area (Å²) < 4.78 is 17.4. The van der Waals surface area contributed by atoms with Crippen LogP contribution in [0, 0.1) is 11.8 Å². The second kappa shape index (κ2) is 13.1. The first kappa shape index (κ1) is 24.8. The Morgan fingerprint density at radius 3 is 2.70 bits per heavy atom. The molecule has 0 radical (unpaired) electrons. The highest BCUT2D eigenvalue weighted by molar-refractivity contribution is 6.19. The van der Waals surface area contributed by atoms with Crippen LogP contribution in [0.4, 0.5) is 0 Å². The molecule has 1 aliphatic rings. The lowest BCUT2D eigenvalue weighted by atomic mass is 9.64. The van der Waals surface area contributed by atoms with Gasteiger partial charge in [0.05, 0.1) is 18.8 Å². The van der Waals surface area contributed by atoms with Crippen molar-refractivity contribution in [3.8, 4) is 0 Å². The SMILES string of the molecule is C=C(CCl)[C@@H]1CC[C@@H](C)[C@@](CCC=O)(OCOC)/C1=C\CCOCc1ccccc1. The van der Waals surface area contributed by atoms with Crippen molar-refractivity contribution in [2.45, 2.75) is 51.2 Å². The van der Waals surface area contributed by atoms with Crippen LogP contribution in [-0.2, 0) is 25.6 Å². The van der Waals surface area contributed by atoms with E-state index in [4.69, 9.17) is 25.8 Å². The van der Waals surface area contributed by atoms with Gasteiger partial charge in [-0.2, -0.15) is 0 Å². The maximum absolute atomic E-state index is 11.2. The molecule has 0 amide bonds. The maximum atomic E-state index is 11.2. The first-order valence-electron chi connectivity index (χ1n) is 10.7. The maximum Gasteiger partial charge on any atom is 0.147 e. The van der Waals surface area contributed by atoms with Crippen LogP contribution >= 0.6 is 11.6 Å². The number of hydrogen-bond acceptors (Lipinski definition) is 4. The lowest BCUT2D eigenvalue weighted by Crippen LogP contribution is -2.48. The molecule has 4 nitrogen and oxygen atoms in total. The third-order valence-corrected chi connectivity index (χ3v) is 6.36. The zero-order valence-corrected chi connectivity index (χ0v) is 19.0. The van der Waals surface area contributed by atoms with Crippen LogP contribution < -0.4 is 0 Å². The molecule has 1 aliphatic carbocycles. The van der Waals surface area contributed by atoms with Crippen LogP contribution in [0.3, 0.4) is 0 Å². The number of benzene rings is 1. The zero-order chi connectivity index (χ0) is 21.8. The van der Waals surface area contributed by atoms with E-state index in [0.717, 1.165) is 36.7 Å². The number of ether oxygens (including phenoxy) is 3. The average molecular weight is 435 g/mol. The number of alkyl halides is 1. The molecule has 0 aromatic heterocycles. The summed E-state index contributed by atoms with van der Waals surface area (Å²) in [5.74, 6) is 0.828. The molecule has 0 heterocycles. The third kappa shape index (κ3) is 6.52. The lowest BCUT2D eigenvalue weighted by Gasteiger charge is -2.48. The Balaban J connectivity index is 2.20. The highest BCUT2D eigenvalue weighted by Crippen LogP contribution is 2.49. The molecular formula is C25H35ClO4. The van der Waals surface area contributed by atoms with Crippen LogP contribution in [0.5, 0.6) is 0 Å². The summed E-state index contributed by atoms with van der Waals surface area (Å²) in [6, 6.07) is 10.2. The van der Waals surface area contributed by atoms with E-state index in [2.05, 4.69) is 31.7 Å². The Morgan fingerprint density at radius 2 is 2.03 bits per heavy atom. The van der Waals surface area contributed by atoms with Gasteiger partial charge in [-0.15, -0.1) is 11.6 Å². The van der Waals surface area contributed by atoms with E-state index < -0.39 is 5.60 Å². The fourth-order valence-corrected chi connectivity index (χ4v) is 4.59. The molecule has 166 valence electrons. The lowest BCUT2D eigenvalue weighted by molar-refractivity contribution is -0.150. The summed E-state index contributed by atoms with van der Waals surface area (Å²) in [6.45, 7) is 7.81. The molecule has 0 unspecified atom stereocenters. The fraction of sp³-hybridized carbons (Fsp3) is 0.560. The summed E-state index contributed by atoms with van der Waals surface area (Å²) in [7, 11) is 1.62. The summed E-state index contributed by atoms with van der Waals surface area (Å²) in [4.78, 5) is 11.2. The number of allylic oxidation sites excluding steroid dienone is 1. The Hall–Kier alpha value is -1.46. The smallest absolute Gasteiger partial charge is 0.147 e. The van der Waals surface area contributed by atoms with Crippen molar-refractivity contribution in [1.82, 2.24) is 0 Å². The number of rotatable bonds is 13. The molecule has 1 aromatic carbocycles. The average Bonchev–Trinajstić information content (AvgIpc) is 2.78. The molecule has 30 heavy (non-hydrogen) atoms. The second-order valence-electron chi connectivity index (χ2n) is 7.95. The van der Waals surface area contributed by atoms with Gasteiger partial charge in [0.2, 0.25) is 0 Å². The standard InChI is InChI=1S/C25H35ClO4/c1-20(17-26)23-13-12-21(2)25(14-8-15-27,30-19-28-3)24(23)11-7-16-29-18-22-9-5-4-6-10-22/h4-6,9-11,15,21,23H,1,7-8,12-14,16-19H2,2-3H3/b24-11-/t21-,23+,25-/m1/s1. The van der Waals surface area contributed by atoms with E-state index in [1.165, 1.54) is 5.57 Å². The number of halogens is 1. The summed E-state index contributed by atoms with van der Waals surface area (Å²) in [6.07, 6.45) is 7.00. The Labute approximate surface area is 186 Å². The molecule has 0 N–H and O–H groups in total. The van der Waals surface area contributed by atoms with Gasteiger partial charge in [0.15, 0.2) is 0 Å². The number of hydrogen-bond donors (Lipinski definition) is 0. The van der Waals surface area contributed by atoms with E-state index >= 15 is 0 Å². The van der Waals surface area contributed by atoms with Gasteiger partial charge in [-0.3, -0.25) is 0 Å². The number of carbonyl (C=O) groups is 1. The number of methoxy groups -OCH3 is 1. The number of carbonyl (C=O) groups excluding carboxylic acids is 1. The minimum Gasteiger partial charge on any atom is -0.376 e. The van der Waals surface area contributed by atoms with E-state index in [1.807, 2.05) is 18.2 Å². The normalized spacial score (nSPS) is 25.4. The number of aldehydes is 1. The monoisotopic (exact) mass is 434 g/mol. The molecule has 0 bridgehead atoms. The van der Waals surface area contributed by atoms with Gasteiger partial charge in [-0.25, -0.2) is 0 Å². The van der Waals surface area contributed by atoms with Crippen molar-refractivity contribution in [2.75, 3.05) is 26.4 Å². The Morgan fingerprint density at radius 1 is 1.27 bits per heavy atom. The van der Waals surface area contributed by atoms with Crippen molar-refractivity contribution in [3.05, 3.63) is 59.7 Å². The predicted molar refractivity (Wildman–Crippen MR) is 122 cm³/mol. The molecule has 1 fully saturated rings. The van der Waals surface area contributed by atoms with Crippen molar-refractivity contribution < 1.29 is 19.0 Å². The van der Waals surface area contributed by atoms with Crippen molar-refractivity contribution >= 4 is 17.9 Å². The van der Waals surface area contributed by atoms with E-state index in [9.17, 15) is 4.79 Å². The fourth-order valence-electron chi connectivity index (χ4n) is 4.40. The summed E-state index contributed by atoms with van der Waals surface area (Å²) in [5.41, 5.74) is 2.79. The zero-order valence-electron chi connectivity index (χ0n) is 18.3. The molecule has 3 atom stereocenters. The van der Waals surface area contributed by atoms with Crippen molar-refractivity contribution in [3.63, 3.8) is 0 Å². The summed E-state index contributed by atoms with van der Waals surface area (Å²) in [5, 5.41) is 0. The Bertz CT molecular complexity index is 688. The van der Waals surface area contributed by atoms with E-state index in [-0.39, 0.29) is 18.6 Å². The minimum absolute atomic E-state index is 0.149. The second-order valence-corrected chi connectivity index (χ2v) is 8.22. The predicted octanol–water partition coefficient (Wildman–Crippen LogP) is 5.70. The molecule has 5 heteroatoms. The van der Waals surface area contributed by atoms with Gasteiger partial charge in [0.1, 0.15) is 13.1 Å². The minimum atomic E-state index is -0.547. The van der Waals surface area contributed by atoms with Gasteiger partial charge in [-0.05, 0) is 42.7 Å². The van der Waals surface area contributed by atoms with Gasteiger partial charge in [0, 0.05) is 25.3 Å². The highest BCUT2D eigenvalue weighted by Gasteiger charge is 2.46. The van der Waals surface area contributed by atoms with Crippen molar-refractivity contribution in [2.24, 2.45) is 11.8 Å². The van der Waals surface area contributed by atoms with Crippen LogP contribution in [0.2, 0.25) is 0 Å². The van der Waals surface area contributed by atoms with Crippen LogP contribution in [0.1, 0.15) is 44.6 Å². The topological polar surface area (TPSA) is 44.8 Å². The largest absolute Gasteiger partial charge is 0.376 e. The molecule has 0 spiro atoms. The Kier molecular flexibility index (Phi) is 10.8. The highest BCUT2D eigenvalue weighted by atomic mass is 35.5. The molecule has 1 aromatic rings. The third-order valence-electron chi connectivity index (χ3n) is 6.02. The molecule has 2 rings (SSSR count). The molecular weight excluding hydrogens is 400 g/mol. The van der Waals surface area contributed by atoms with Crippen LogP contribution in [0.25, 0.3) is 0 Å². The first-order chi connectivity index (χ1) is 14.6. The molecule has 0 saturated heterocycles. The van der Waals surface area contributed by atoms with Gasteiger partial charge >= 0.3 is 0 Å². The van der Waals surface area contributed by atoms with E-state index in [1.54, 1.807) is 7.11 Å². The van der Waals surface area contributed by atoms with Crippen LogP contribution in [0.15, 0.2) is 54.1 Å². The molecule has 1 saturated carbocycles. The van der Waals surface area contributed by atoms with Crippen molar-refractivity contribution in [1.29, 1.82) is 0 Å². The van der Waals surface area contributed by atoms with Gasteiger partial charge < -0.3 is 19.0 Å². The van der Waals surface area contributed by atoms with E-state index in [0.29, 0.717) is 31.9 Å². The quantitative estimate of drug-likeness (QED) is 0.131. The van der Waals surface area contributed by atoms with Gasteiger partial charge in [0.25, 0.3) is 0 Å². The summed E-state index contributed by atoms with van der Waals surface area (Å²) >= 11 is 6.17.